The van der Waals surface area contributed by atoms with Gasteiger partial charge in [-0.2, -0.15) is 0 Å². The number of nitrogens with zero attached hydrogens (tertiary/aromatic N) is 5. The standard InChI is InChI=1S/C20H19N5O2S/c26-18-16-10-4-5-11-17(16)19(27)24(18)12-6-7-13-28-20-21-22-23-25(20)14-15-8-2-1-3-9-15/h1-5,8-11H,6-7,12-14H2. The predicted octanol–water partition coefficient (Wildman–Crippen LogP) is 2.89. The van der Waals surface area contributed by atoms with Crippen molar-refractivity contribution in [3.8, 4) is 0 Å². The van der Waals surface area contributed by atoms with Gasteiger partial charge in [0.05, 0.1) is 17.7 Å². The largest absolute Gasteiger partial charge is 0.274 e. The number of rotatable bonds is 8. The van der Waals surface area contributed by atoms with Crippen molar-refractivity contribution in [2.75, 3.05) is 12.3 Å². The summed E-state index contributed by atoms with van der Waals surface area (Å²) in [5, 5.41) is 12.7. The Labute approximate surface area is 166 Å². The van der Waals surface area contributed by atoms with E-state index in [0.717, 1.165) is 29.3 Å². The van der Waals surface area contributed by atoms with Crippen molar-refractivity contribution in [3.05, 3.63) is 71.3 Å². The van der Waals surface area contributed by atoms with Crippen molar-refractivity contribution >= 4 is 23.6 Å². The quantitative estimate of drug-likeness (QED) is 0.333. The Hall–Kier alpha value is -3.00. The van der Waals surface area contributed by atoms with Gasteiger partial charge in [-0.25, -0.2) is 4.68 Å². The van der Waals surface area contributed by atoms with E-state index in [2.05, 4.69) is 15.5 Å². The fraction of sp³-hybridized carbons (Fsp3) is 0.250. The van der Waals surface area contributed by atoms with Gasteiger partial charge in [-0.15, -0.1) is 5.10 Å². The molecule has 2 amide bonds. The molecule has 0 spiro atoms. The summed E-state index contributed by atoms with van der Waals surface area (Å²) in [5.41, 5.74) is 2.14. The fourth-order valence-corrected chi connectivity index (χ4v) is 4.01. The van der Waals surface area contributed by atoms with Crippen molar-refractivity contribution in [2.24, 2.45) is 0 Å². The molecule has 2 aromatic carbocycles. The lowest BCUT2D eigenvalue weighted by Gasteiger charge is -2.13. The second kappa shape index (κ2) is 8.35. The Morgan fingerprint density at radius 1 is 0.857 bits per heavy atom. The van der Waals surface area contributed by atoms with E-state index in [1.165, 1.54) is 4.90 Å². The van der Waals surface area contributed by atoms with Crippen molar-refractivity contribution in [2.45, 2.75) is 24.5 Å². The van der Waals surface area contributed by atoms with Crippen LogP contribution in [0, 0.1) is 0 Å². The van der Waals surface area contributed by atoms with E-state index in [1.54, 1.807) is 40.7 Å². The average molecular weight is 393 g/mol. The minimum atomic E-state index is -0.194. The molecule has 0 saturated heterocycles. The van der Waals surface area contributed by atoms with E-state index >= 15 is 0 Å². The van der Waals surface area contributed by atoms with Crippen LogP contribution >= 0.6 is 11.8 Å². The van der Waals surface area contributed by atoms with Crippen LogP contribution in [0.2, 0.25) is 0 Å². The number of hydrogen-bond donors (Lipinski definition) is 0. The molecule has 0 radical (unpaired) electrons. The molecule has 3 aromatic rings. The predicted molar refractivity (Wildman–Crippen MR) is 105 cm³/mol. The first-order valence-electron chi connectivity index (χ1n) is 9.12. The van der Waals surface area contributed by atoms with Gasteiger partial charge in [0.1, 0.15) is 0 Å². The number of unbranched alkanes of at least 4 members (excludes halogenated alkanes) is 1. The van der Waals surface area contributed by atoms with Crippen LogP contribution in [0.15, 0.2) is 59.8 Å². The third kappa shape index (κ3) is 3.82. The van der Waals surface area contributed by atoms with Crippen LogP contribution in [0.1, 0.15) is 39.1 Å². The molecule has 0 N–H and O–H groups in total. The fourth-order valence-electron chi connectivity index (χ4n) is 3.13. The monoisotopic (exact) mass is 393 g/mol. The normalized spacial score (nSPS) is 13.2. The molecule has 0 bridgehead atoms. The minimum Gasteiger partial charge on any atom is -0.274 e. The molecular formula is C20H19N5O2S. The Bertz CT molecular complexity index is 954. The molecule has 2 heterocycles. The molecule has 1 aliphatic heterocycles. The zero-order valence-corrected chi connectivity index (χ0v) is 16.0. The highest BCUT2D eigenvalue weighted by atomic mass is 32.2. The van der Waals surface area contributed by atoms with Gasteiger partial charge in [0.25, 0.3) is 11.8 Å². The van der Waals surface area contributed by atoms with Crippen LogP contribution in [0.25, 0.3) is 0 Å². The van der Waals surface area contributed by atoms with E-state index in [1.807, 2.05) is 30.3 Å². The molecule has 0 saturated carbocycles. The van der Waals surface area contributed by atoms with Gasteiger partial charge in [-0.05, 0) is 41.0 Å². The Morgan fingerprint density at radius 2 is 1.54 bits per heavy atom. The molecule has 8 heteroatoms. The summed E-state index contributed by atoms with van der Waals surface area (Å²) in [6.07, 6.45) is 1.61. The summed E-state index contributed by atoms with van der Waals surface area (Å²) < 4.78 is 1.78. The molecule has 0 fully saturated rings. The lowest BCUT2D eigenvalue weighted by molar-refractivity contribution is 0.0652. The average Bonchev–Trinajstić information content (AvgIpc) is 3.26. The van der Waals surface area contributed by atoms with Crippen LogP contribution in [0.5, 0.6) is 0 Å². The second-order valence-electron chi connectivity index (χ2n) is 6.47. The SMILES string of the molecule is O=C1c2ccccc2C(=O)N1CCCCSc1nnnn1Cc1ccccc1. The molecule has 142 valence electrons. The van der Waals surface area contributed by atoms with Gasteiger partial charge in [-0.3, -0.25) is 14.5 Å². The smallest absolute Gasteiger partial charge is 0.261 e. The van der Waals surface area contributed by atoms with Gasteiger partial charge in [0.2, 0.25) is 5.16 Å². The molecule has 1 aromatic heterocycles. The molecule has 0 atom stereocenters. The molecule has 0 unspecified atom stereocenters. The lowest BCUT2D eigenvalue weighted by atomic mass is 10.1. The highest BCUT2D eigenvalue weighted by Gasteiger charge is 2.34. The number of aromatic nitrogens is 4. The summed E-state index contributed by atoms with van der Waals surface area (Å²) in [6.45, 7) is 1.06. The third-order valence-corrected chi connectivity index (χ3v) is 5.60. The number of tetrazole rings is 1. The van der Waals surface area contributed by atoms with Crippen LogP contribution in [-0.4, -0.2) is 49.2 Å². The topological polar surface area (TPSA) is 81.0 Å². The second-order valence-corrected chi connectivity index (χ2v) is 7.53. The zero-order valence-electron chi connectivity index (χ0n) is 15.2. The third-order valence-electron chi connectivity index (χ3n) is 4.56. The van der Waals surface area contributed by atoms with E-state index in [9.17, 15) is 9.59 Å². The number of imide groups is 1. The van der Waals surface area contributed by atoms with E-state index < -0.39 is 0 Å². The summed E-state index contributed by atoms with van der Waals surface area (Å²) >= 11 is 1.58. The van der Waals surface area contributed by atoms with Gasteiger partial charge in [0.15, 0.2) is 0 Å². The number of carbonyl (C=O) groups excluding carboxylic acids is 2. The van der Waals surface area contributed by atoms with Gasteiger partial charge in [-0.1, -0.05) is 54.2 Å². The van der Waals surface area contributed by atoms with Gasteiger partial charge in [0, 0.05) is 12.3 Å². The van der Waals surface area contributed by atoms with E-state index in [0.29, 0.717) is 24.2 Å². The number of fused-ring (bicyclic) bond motifs is 1. The highest BCUT2D eigenvalue weighted by molar-refractivity contribution is 7.99. The summed E-state index contributed by atoms with van der Waals surface area (Å²) in [5.74, 6) is 0.429. The number of benzene rings is 2. The van der Waals surface area contributed by atoms with Crippen molar-refractivity contribution < 1.29 is 9.59 Å². The number of hydrogen-bond acceptors (Lipinski definition) is 6. The molecule has 4 rings (SSSR count). The van der Waals surface area contributed by atoms with Crippen molar-refractivity contribution in [1.29, 1.82) is 0 Å². The van der Waals surface area contributed by atoms with Crippen LogP contribution in [-0.2, 0) is 6.54 Å². The van der Waals surface area contributed by atoms with E-state index in [4.69, 9.17) is 0 Å². The maximum Gasteiger partial charge on any atom is 0.261 e. The van der Waals surface area contributed by atoms with Gasteiger partial charge < -0.3 is 0 Å². The Balaban J connectivity index is 1.25. The maximum atomic E-state index is 12.3. The minimum absolute atomic E-state index is 0.194. The van der Waals surface area contributed by atoms with Crippen LogP contribution < -0.4 is 0 Å². The highest BCUT2D eigenvalue weighted by Crippen LogP contribution is 2.23. The van der Waals surface area contributed by atoms with Crippen LogP contribution in [0.3, 0.4) is 0 Å². The lowest BCUT2D eigenvalue weighted by Crippen LogP contribution is -2.30. The van der Waals surface area contributed by atoms with Crippen molar-refractivity contribution in [3.63, 3.8) is 0 Å². The Morgan fingerprint density at radius 3 is 2.25 bits per heavy atom. The molecule has 28 heavy (non-hydrogen) atoms. The van der Waals surface area contributed by atoms with Crippen molar-refractivity contribution in [1.82, 2.24) is 25.1 Å². The summed E-state index contributed by atoms with van der Waals surface area (Å²) in [7, 11) is 0. The van der Waals surface area contributed by atoms with Gasteiger partial charge >= 0.3 is 0 Å². The number of amides is 2. The Kier molecular flexibility index (Phi) is 5.48. The zero-order chi connectivity index (χ0) is 19.3. The van der Waals surface area contributed by atoms with E-state index in [-0.39, 0.29) is 11.8 Å². The molecule has 7 nitrogen and oxygen atoms in total. The number of carbonyl (C=O) groups is 2. The molecular weight excluding hydrogens is 374 g/mol. The summed E-state index contributed by atoms with van der Waals surface area (Å²) in [6, 6.07) is 17.0. The summed E-state index contributed by atoms with van der Waals surface area (Å²) in [4.78, 5) is 26.0. The first-order valence-corrected chi connectivity index (χ1v) is 10.1. The molecule has 1 aliphatic rings. The van der Waals surface area contributed by atoms with Crippen LogP contribution in [0.4, 0.5) is 0 Å². The first-order chi connectivity index (χ1) is 13.7. The first kappa shape index (κ1) is 18.4. The number of thioether (sulfide) groups is 1. The molecule has 0 aliphatic carbocycles. The maximum absolute atomic E-state index is 12.3.